The number of amides is 1. The van der Waals surface area contributed by atoms with Crippen molar-refractivity contribution in [3.8, 4) is 0 Å². The van der Waals surface area contributed by atoms with Crippen LogP contribution < -0.4 is 11.1 Å². The first-order valence-electron chi connectivity index (χ1n) is 4.18. The van der Waals surface area contributed by atoms with E-state index in [1.165, 1.54) is 0 Å². The Bertz CT molecular complexity index is 213. The molecule has 82 valence electrons. The van der Waals surface area contributed by atoms with E-state index in [0.29, 0.717) is 13.1 Å². The van der Waals surface area contributed by atoms with Gasteiger partial charge in [-0.1, -0.05) is 0 Å². The Hall–Kier alpha value is -0.820. The summed E-state index contributed by atoms with van der Waals surface area (Å²) >= 11 is 0. The predicted octanol–water partition coefficient (Wildman–Crippen LogP) is -0.692. The molecule has 0 saturated carbocycles. The molecule has 0 aromatic rings. The fraction of sp³-hybridized carbons (Fsp3) is 0.857. The molecule has 1 fully saturated rings. The van der Waals surface area contributed by atoms with Gasteiger partial charge in [0.1, 0.15) is 6.54 Å². The van der Waals surface area contributed by atoms with Crippen LogP contribution in [0, 0.1) is 0 Å². The smallest absolute Gasteiger partial charge is 0.346 e. The molecule has 1 aliphatic heterocycles. The molecule has 0 atom stereocenters. The average molecular weight is 211 g/mol. The number of hydrogen-bond donors (Lipinski definition) is 2. The van der Waals surface area contributed by atoms with Gasteiger partial charge in [0.2, 0.25) is 5.91 Å². The maximum Gasteiger partial charge on any atom is 0.405 e. The van der Waals surface area contributed by atoms with Gasteiger partial charge >= 0.3 is 6.18 Å². The fourth-order valence-corrected chi connectivity index (χ4v) is 1.20. The van der Waals surface area contributed by atoms with E-state index >= 15 is 0 Å². The van der Waals surface area contributed by atoms with Crippen LogP contribution in [-0.2, 0) is 4.79 Å². The van der Waals surface area contributed by atoms with E-state index in [-0.39, 0.29) is 12.6 Å². The molecule has 7 heteroatoms. The van der Waals surface area contributed by atoms with Crippen molar-refractivity contribution >= 4 is 5.91 Å². The number of nitrogens with one attached hydrogen (secondary N) is 1. The van der Waals surface area contributed by atoms with Crippen molar-refractivity contribution in [1.29, 1.82) is 0 Å². The summed E-state index contributed by atoms with van der Waals surface area (Å²) in [5.41, 5.74) is 5.43. The number of halogens is 3. The highest BCUT2D eigenvalue weighted by atomic mass is 19.4. The van der Waals surface area contributed by atoms with Crippen LogP contribution in [0.2, 0.25) is 0 Å². The third-order valence-corrected chi connectivity index (χ3v) is 1.84. The number of nitrogens with zero attached hydrogens (tertiary/aromatic N) is 1. The number of carbonyl (C=O) groups is 1. The van der Waals surface area contributed by atoms with Gasteiger partial charge in [-0.25, -0.2) is 0 Å². The molecule has 0 spiro atoms. The maximum atomic E-state index is 11.7. The number of alkyl halides is 3. The van der Waals surface area contributed by atoms with Crippen molar-refractivity contribution in [2.75, 3.05) is 26.2 Å². The first-order chi connectivity index (χ1) is 6.37. The zero-order chi connectivity index (χ0) is 10.8. The summed E-state index contributed by atoms with van der Waals surface area (Å²) in [4.78, 5) is 12.6. The van der Waals surface area contributed by atoms with Crippen LogP contribution in [-0.4, -0.2) is 49.2 Å². The molecule has 0 aromatic heterocycles. The lowest BCUT2D eigenvalue weighted by Gasteiger charge is -2.36. The van der Waals surface area contributed by atoms with Gasteiger partial charge in [-0.05, 0) is 0 Å². The second kappa shape index (κ2) is 4.14. The van der Waals surface area contributed by atoms with Gasteiger partial charge < -0.3 is 11.1 Å². The standard InChI is InChI=1S/C7H12F3N3O/c8-7(9,10)4-12-6(14)3-13-1-5(11)2-13/h5H,1-4,11H2,(H,12,14). The van der Waals surface area contributed by atoms with Gasteiger partial charge in [-0.3, -0.25) is 9.69 Å². The van der Waals surface area contributed by atoms with Crippen molar-refractivity contribution in [2.45, 2.75) is 12.2 Å². The maximum absolute atomic E-state index is 11.7. The molecule has 1 rings (SSSR count). The average Bonchev–Trinajstić information content (AvgIpc) is 1.97. The van der Waals surface area contributed by atoms with Crippen molar-refractivity contribution in [2.24, 2.45) is 5.73 Å². The molecule has 1 heterocycles. The van der Waals surface area contributed by atoms with Gasteiger partial charge in [0.05, 0.1) is 6.54 Å². The summed E-state index contributed by atoms with van der Waals surface area (Å²) in [6, 6.07) is 0.0467. The third-order valence-electron chi connectivity index (χ3n) is 1.84. The Labute approximate surface area is 79.2 Å². The van der Waals surface area contributed by atoms with Crippen molar-refractivity contribution in [1.82, 2.24) is 10.2 Å². The van der Waals surface area contributed by atoms with Crippen molar-refractivity contribution < 1.29 is 18.0 Å². The number of rotatable bonds is 3. The summed E-state index contributed by atoms with van der Waals surface area (Å²) in [5, 5.41) is 1.79. The van der Waals surface area contributed by atoms with E-state index < -0.39 is 18.6 Å². The van der Waals surface area contributed by atoms with Crippen LogP contribution >= 0.6 is 0 Å². The van der Waals surface area contributed by atoms with Crippen LogP contribution in [0.3, 0.4) is 0 Å². The Morgan fingerprint density at radius 3 is 2.50 bits per heavy atom. The first kappa shape index (κ1) is 11.3. The zero-order valence-corrected chi connectivity index (χ0v) is 7.47. The molecule has 0 radical (unpaired) electrons. The number of hydrogen-bond acceptors (Lipinski definition) is 3. The molecule has 3 N–H and O–H groups in total. The molecule has 1 aliphatic rings. The Morgan fingerprint density at radius 1 is 1.50 bits per heavy atom. The second-order valence-electron chi connectivity index (χ2n) is 3.35. The normalized spacial score (nSPS) is 19.1. The van der Waals surface area contributed by atoms with Crippen molar-refractivity contribution in [3.05, 3.63) is 0 Å². The summed E-state index contributed by atoms with van der Waals surface area (Å²) in [7, 11) is 0. The van der Waals surface area contributed by atoms with E-state index in [1.807, 2.05) is 0 Å². The molecule has 0 unspecified atom stereocenters. The summed E-state index contributed by atoms with van der Waals surface area (Å²) < 4.78 is 35.0. The molecular formula is C7H12F3N3O. The minimum atomic E-state index is -4.35. The lowest BCUT2D eigenvalue weighted by atomic mass is 10.1. The highest BCUT2D eigenvalue weighted by molar-refractivity contribution is 5.78. The van der Waals surface area contributed by atoms with Crippen LogP contribution in [0.15, 0.2) is 0 Å². The molecule has 0 bridgehead atoms. The van der Waals surface area contributed by atoms with E-state index in [0.717, 1.165) is 0 Å². The summed E-state index contributed by atoms with van der Waals surface area (Å²) in [6.45, 7) is -0.144. The van der Waals surface area contributed by atoms with E-state index in [2.05, 4.69) is 0 Å². The molecule has 14 heavy (non-hydrogen) atoms. The highest BCUT2D eigenvalue weighted by Gasteiger charge is 2.29. The lowest BCUT2D eigenvalue weighted by molar-refractivity contribution is -0.139. The van der Waals surface area contributed by atoms with Crippen molar-refractivity contribution in [3.63, 3.8) is 0 Å². The number of likely N-dealkylation sites (tertiary alicyclic amines) is 1. The molecule has 0 aliphatic carbocycles. The van der Waals surface area contributed by atoms with Crippen LogP contribution in [0.1, 0.15) is 0 Å². The molecule has 4 nitrogen and oxygen atoms in total. The Balaban J connectivity index is 2.11. The van der Waals surface area contributed by atoms with Gasteiger partial charge in [0.15, 0.2) is 0 Å². The Morgan fingerprint density at radius 2 is 2.07 bits per heavy atom. The minimum Gasteiger partial charge on any atom is -0.346 e. The minimum absolute atomic E-state index is 0.0101. The largest absolute Gasteiger partial charge is 0.405 e. The van der Waals surface area contributed by atoms with E-state index in [1.54, 1.807) is 10.2 Å². The zero-order valence-electron chi connectivity index (χ0n) is 7.47. The van der Waals surface area contributed by atoms with E-state index in [4.69, 9.17) is 5.73 Å². The molecule has 1 saturated heterocycles. The monoisotopic (exact) mass is 211 g/mol. The third kappa shape index (κ3) is 3.93. The lowest BCUT2D eigenvalue weighted by Crippen LogP contribution is -2.58. The molecule has 1 amide bonds. The van der Waals surface area contributed by atoms with Gasteiger partial charge in [0, 0.05) is 19.1 Å². The van der Waals surface area contributed by atoms with Crippen LogP contribution in [0.5, 0.6) is 0 Å². The van der Waals surface area contributed by atoms with E-state index in [9.17, 15) is 18.0 Å². The molecular weight excluding hydrogens is 199 g/mol. The quantitative estimate of drug-likeness (QED) is 0.649. The van der Waals surface area contributed by atoms with Gasteiger partial charge in [-0.2, -0.15) is 13.2 Å². The topological polar surface area (TPSA) is 58.4 Å². The predicted molar refractivity (Wildman–Crippen MR) is 43.5 cm³/mol. The number of nitrogens with two attached hydrogens (primary N) is 1. The summed E-state index contributed by atoms with van der Waals surface area (Å²) in [6.07, 6.45) is -4.35. The number of carbonyl (C=O) groups excluding carboxylic acids is 1. The fourth-order valence-electron chi connectivity index (χ4n) is 1.20. The highest BCUT2D eigenvalue weighted by Crippen LogP contribution is 2.12. The first-order valence-corrected chi connectivity index (χ1v) is 4.18. The molecule has 0 aromatic carbocycles. The van der Waals surface area contributed by atoms with Gasteiger partial charge in [0.25, 0.3) is 0 Å². The van der Waals surface area contributed by atoms with Crippen LogP contribution in [0.25, 0.3) is 0 Å². The Kier molecular flexibility index (Phi) is 3.33. The second-order valence-corrected chi connectivity index (χ2v) is 3.35. The SMILES string of the molecule is NC1CN(CC(=O)NCC(F)(F)F)C1. The van der Waals surface area contributed by atoms with Crippen LogP contribution in [0.4, 0.5) is 13.2 Å². The summed E-state index contributed by atoms with van der Waals surface area (Å²) in [5.74, 6) is -0.616. The van der Waals surface area contributed by atoms with Gasteiger partial charge in [-0.15, -0.1) is 0 Å².